The maximum atomic E-state index is 13.4. The Kier molecular flexibility index (Phi) is 4.84. The van der Waals surface area contributed by atoms with E-state index < -0.39 is 5.91 Å². The van der Waals surface area contributed by atoms with Crippen LogP contribution in [-0.2, 0) is 13.1 Å². The monoisotopic (exact) mass is 414 g/mol. The van der Waals surface area contributed by atoms with Crippen molar-refractivity contribution >= 4 is 11.6 Å². The molecular weight excluding hydrogens is 380 g/mol. The van der Waals surface area contributed by atoms with Crippen LogP contribution in [0.25, 0.3) is 0 Å². The number of fused-ring (bicyclic) bond motifs is 1. The van der Waals surface area contributed by atoms with Gasteiger partial charge in [-0.2, -0.15) is 0 Å². The Hall–Kier alpha value is -2.02. The van der Waals surface area contributed by atoms with Crippen LogP contribution in [0, 0.1) is 17.8 Å². The quantitative estimate of drug-likeness (QED) is 0.623. The molecule has 0 saturated heterocycles. The summed E-state index contributed by atoms with van der Waals surface area (Å²) in [6.45, 7) is 3.18. The number of unbranched alkanes of at least 4 members (excludes halogenated alkanes) is 2. The number of amides is 1. The second-order valence-electron chi connectivity index (χ2n) is 10.2. The number of hydrogen-bond donors (Lipinski definition) is 3. The van der Waals surface area contributed by atoms with Gasteiger partial charge in [-0.1, -0.05) is 19.8 Å². The number of nitrogens with zero attached hydrogens (tertiary/aromatic N) is 2. The zero-order chi connectivity index (χ0) is 21.0. The topological polar surface area (TPSA) is 86.6 Å². The Morgan fingerprint density at radius 2 is 1.80 bits per heavy atom. The van der Waals surface area contributed by atoms with Gasteiger partial charge >= 0.3 is 0 Å². The molecule has 0 aromatic carbocycles. The van der Waals surface area contributed by atoms with Crippen LogP contribution in [0.4, 0.5) is 5.69 Å². The maximum Gasteiger partial charge on any atom is 0.267 e. The van der Waals surface area contributed by atoms with Crippen molar-refractivity contribution in [2.75, 3.05) is 12.1 Å². The van der Waals surface area contributed by atoms with E-state index in [9.17, 15) is 14.7 Å². The Morgan fingerprint density at radius 3 is 2.40 bits per heavy atom. The molecule has 0 radical (unpaired) electrons. The highest BCUT2D eigenvalue weighted by Gasteiger charge is 2.52. The minimum Gasteiger partial charge on any atom is -0.505 e. The lowest BCUT2D eigenvalue weighted by Crippen LogP contribution is -2.60. The molecule has 0 unspecified atom stereocenters. The molecule has 4 fully saturated rings. The Balaban J connectivity index is 1.49. The van der Waals surface area contributed by atoms with Gasteiger partial charge in [-0.3, -0.25) is 9.59 Å². The maximum absolute atomic E-state index is 13.4. The lowest BCUT2D eigenvalue weighted by atomic mass is 9.53. The number of carbonyl (C=O) groups excluding carboxylic acids is 1. The first-order valence-electron chi connectivity index (χ1n) is 11.7. The Morgan fingerprint density at radius 1 is 1.17 bits per heavy atom. The third kappa shape index (κ3) is 3.13. The van der Waals surface area contributed by atoms with Crippen molar-refractivity contribution in [3.8, 4) is 5.75 Å². The lowest BCUT2D eigenvalue weighted by molar-refractivity contribution is -0.0167. The summed E-state index contributed by atoms with van der Waals surface area (Å²) < 4.78 is 1.70. The average molecular weight is 415 g/mol. The van der Waals surface area contributed by atoms with Crippen LogP contribution in [0.2, 0.25) is 0 Å². The normalized spacial score (nSPS) is 31.3. The number of rotatable bonds is 6. The van der Waals surface area contributed by atoms with Gasteiger partial charge in [-0.05, 0) is 62.7 Å². The number of nitrogens with one attached hydrogen (secondary N) is 2. The zero-order valence-electron chi connectivity index (χ0n) is 18.2. The Bertz CT molecular complexity index is 887. The largest absolute Gasteiger partial charge is 0.505 e. The van der Waals surface area contributed by atoms with E-state index in [1.54, 1.807) is 9.58 Å². The van der Waals surface area contributed by atoms with Crippen molar-refractivity contribution in [3.05, 3.63) is 21.6 Å². The first-order valence-corrected chi connectivity index (χ1v) is 11.7. The molecule has 7 heteroatoms. The summed E-state index contributed by atoms with van der Waals surface area (Å²) >= 11 is 0. The molecule has 7 nitrogen and oxygen atoms in total. The number of anilines is 1. The van der Waals surface area contributed by atoms with Gasteiger partial charge in [0.05, 0.1) is 12.2 Å². The van der Waals surface area contributed by atoms with Gasteiger partial charge in [0.25, 0.3) is 11.5 Å². The van der Waals surface area contributed by atoms with E-state index in [1.807, 2.05) is 7.05 Å². The fraction of sp³-hybridized carbons (Fsp3) is 0.739. The van der Waals surface area contributed by atoms with Gasteiger partial charge < -0.3 is 20.0 Å². The third-order valence-corrected chi connectivity index (χ3v) is 7.97. The summed E-state index contributed by atoms with van der Waals surface area (Å²) in [4.78, 5) is 26.8. The van der Waals surface area contributed by atoms with Crippen LogP contribution >= 0.6 is 0 Å². The molecule has 3 N–H and O–H groups in total. The molecule has 4 bridgehead atoms. The van der Waals surface area contributed by atoms with Crippen LogP contribution in [-0.4, -0.2) is 28.2 Å². The van der Waals surface area contributed by atoms with E-state index >= 15 is 0 Å². The molecule has 4 aliphatic carbocycles. The van der Waals surface area contributed by atoms with Crippen molar-refractivity contribution in [3.63, 3.8) is 0 Å². The second-order valence-corrected chi connectivity index (χ2v) is 10.2. The van der Waals surface area contributed by atoms with E-state index in [0.29, 0.717) is 36.5 Å². The highest BCUT2D eigenvalue weighted by atomic mass is 16.3. The molecule has 1 amide bonds. The van der Waals surface area contributed by atoms with E-state index in [4.69, 9.17) is 0 Å². The van der Waals surface area contributed by atoms with Crippen LogP contribution in [0.5, 0.6) is 5.75 Å². The average Bonchev–Trinajstić information content (AvgIpc) is 3.04. The fourth-order valence-corrected chi connectivity index (χ4v) is 7.07. The minimum atomic E-state index is -0.396. The van der Waals surface area contributed by atoms with Crippen LogP contribution < -0.4 is 21.3 Å². The molecule has 0 spiro atoms. The summed E-state index contributed by atoms with van der Waals surface area (Å²) in [6, 6.07) is 0. The number of hydrazine groups is 1. The molecule has 1 aliphatic heterocycles. The molecule has 4 saturated carbocycles. The second kappa shape index (κ2) is 7.29. The van der Waals surface area contributed by atoms with Crippen LogP contribution in [0.3, 0.4) is 0 Å². The van der Waals surface area contributed by atoms with Crippen molar-refractivity contribution in [1.82, 2.24) is 15.3 Å². The van der Waals surface area contributed by atoms with E-state index in [1.165, 1.54) is 19.3 Å². The molecule has 6 rings (SSSR count). The van der Waals surface area contributed by atoms with E-state index in [2.05, 4.69) is 17.7 Å². The SMILES string of the molecule is CCCCCn1c2c(c(O)c(C(=O)NC34CC5CC(CC(C5)C3)C4)c1=O)N(C)NC2. The molecule has 0 atom stereocenters. The standard InChI is InChI=1S/C23H34N4O3/c1-3-4-5-6-27-17-13-24-26(2)19(17)20(28)18(22(27)30)21(29)25-23-10-14-7-15(11-23)9-16(8-14)12-23/h14-16,24,28H,3-13H2,1-2H3,(H,25,29). The van der Waals surface area contributed by atoms with Gasteiger partial charge in [-0.15, -0.1) is 0 Å². The van der Waals surface area contributed by atoms with E-state index in [-0.39, 0.29) is 22.4 Å². The highest BCUT2D eigenvalue weighted by molar-refractivity contribution is 5.99. The summed E-state index contributed by atoms with van der Waals surface area (Å²) in [5.74, 6) is 1.52. The van der Waals surface area contributed by atoms with Gasteiger partial charge in [0.2, 0.25) is 0 Å². The number of carbonyl (C=O) groups is 1. The molecule has 2 heterocycles. The highest BCUT2D eigenvalue weighted by Crippen LogP contribution is 2.55. The van der Waals surface area contributed by atoms with Gasteiger partial charge in [0, 0.05) is 19.1 Å². The molecule has 1 aromatic rings. The number of hydrogen-bond acceptors (Lipinski definition) is 5. The summed E-state index contributed by atoms with van der Waals surface area (Å²) in [5.41, 5.74) is 3.84. The van der Waals surface area contributed by atoms with Crippen LogP contribution in [0.15, 0.2) is 4.79 Å². The van der Waals surface area contributed by atoms with Gasteiger partial charge in [-0.25, -0.2) is 5.43 Å². The Labute approximate surface area is 177 Å². The molecule has 30 heavy (non-hydrogen) atoms. The minimum absolute atomic E-state index is 0.0865. The zero-order valence-corrected chi connectivity index (χ0v) is 18.2. The predicted molar refractivity (Wildman–Crippen MR) is 116 cm³/mol. The van der Waals surface area contributed by atoms with E-state index in [0.717, 1.165) is 44.2 Å². The van der Waals surface area contributed by atoms with Gasteiger partial charge in [0.15, 0.2) is 5.75 Å². The summed E-state index contributed by atoms with van der Waals surface area (Å²) in [7, 11) is 1.81. The third-order valence-electron chi connectivity index (χ3n) is 7.97. The van der Waals surface area contributed by atoms with Crippen molar-refractivity contribution < 1.29 is 9.90 Å². The molecule has 5 aliphatic rings. The first kappa shape index (κ1) is 19.9. The number of pyridine rings is 1. The lowest BCUT2D eigenvalue weighted by Gasteiger charge is -2.56. The van der Waals surface area contributed by atoms with Crippen molar-refractivity contribution in [2.24, 2.45) is 17.8 Å². The van der Waals surface area contributed by atoms with Crippen molar-refractivity contribution in [2.45, 2.75) is 83.3 Å². The molecule has 164 valence electrons. The first-order chi connectivity index (χ1) is 14.4. The number of aromatic hydroxyl groups is 1. The molecular formula is C23H34N4O3. The fourth-order valence-electron chi connectivity index (χ4n) is 7.07. The summed E-state index contributed by atoms with van der Waals surface area (Å²) in [6.07, 6.45) is 9.90. The smallest absolute Gasteiger partial charge is 0.267 e. The number of aromatic nitrogens is 1. The van der Waals surface area contributed by atoms with Crippen LogP contribution in [0.1, 0.15) is 80.8 Å². The predicted octanol–water partition coefficient (Wildman–Crippen LogP) is 2.90. The van der Waals surface area contributed by atoms with Crippen molar-refractivity contribution in [1.29, 1.82) is 0 Å². The van der Waals surface area contributed by atoms with Gasteiger partial charge in [0.1, 0.15) is 11.3 Å². The molecule has 1 aromatic heterocycles. The summed E-state index contributed by atoms with van der Waals surface area (Å²) in [5, 5.41) is 16.0.